The van der Waals surface area contributed by atoms with Gasteiger partial charge in [0.2, 0.25) is 5.91 Å². The molecule has 0 spiro atoms. The van der Waals surface area contributed by atoms with Crippen LogP contribution in [0.1, 0.15) is 12.6 Å². The van der Waals surface area contributed by atoms with Crippen LogP contribution in [0.15, 0.2) is 29.8 Å². The van der Waals surface area contributed by atoms with Gasteiger partial charge in [-0.3, -0.25) is 4.79 Å². The van der Waals surface area contributed by atoms with Crippen molar-refractivity contribution in [2.75, 3.05) is 11.9 Å². The largest absolute Gasteiger partial charge is 0.356 e. The maximum atomic E-state index is 11.4. The third kappa shape index (κ3) is 3.53. The van der Waals surface area contributed by atoms with E-state index in [-0.39, 0.29) is 5.91 Å². The number of hydrogen-bond donors (Lipinski definition) is 2. The number of amides is 1. The van der Waals surface area contributed by atoms with Crippen molar-refractivity contribution in [2.45, 2.75) is 13.3 Å². The van der Waals surface area contributed by atoms with Gasteiger partial charge in [0.25, 0.3) is 0 Å². The second-order valence-electron chi connectivity index (χ2n) is 3.61. The summed E-state index contributed by atoms with van der Waals surface area (Å²) in [5.41, 5.74) is 0.768. The molecule has 6 heteroatoms. The third-order valence-electron chi connectivity index (χ3n) is 2.17. The van der Waals surface area contributed by atoms with Crippen LogP contribution in [0.4, 0.5) is 10.9 Å². The molecule has 0 unspecified atom stereocenters. The van der Waals surface area contributed by atoms with E-state index in [0.717, 1.165) is 16.6 Å². The Morgan fingerprint density at radius 3 is 3.06 bits per heavy atom. The highest BCUT2D eigenvalue weighted by atomic mass is 32.1. The lowest BCUT2D eigenvalue weighted by molar-refractivity contribution is -0.120. The Morgan fingerprint density at radius 1 is 1.44 bits per heavy atom. The molecule has 0 saturated heterocycles. The molecule has 0 atom stereocenters. The van der Waals surface area contributed by atoms with Gasteiger partial charge in [0.05, 0.1) is 12.1 Å². The van der Waals surface area contributed by atoms with Crippen molar-refractivity contribution >= 4 is 28.2 Å². The van der Waals surface area contributed by atoms with Gasteiger partial charge in [0.15, 0.2) is 5.13 Å². The Bertz CT molecular complexity index is 512. The Balaban J connectivity index is 1.96. The van der Waals surface area contributed by atoms with E-state index in [9.17, 15) is 4.79 Å². The van der Waals surface area contributed by atoms with Crippen LogP contribution in [0.25, 0.3) is 0 Å². The predicted octanol–water partition coefficient (Wildman–Crippen LogP) is 1.96. The molecule has 2 aromatic rings. The molecular formula is C12H14N4OS. The number of pyridine rings is 1. The number of nitrogens with zero attached hydrogens (tertiary/aromatic N) is 2. The molecule has 0 radical (unpaired) electrons. The highest BCUT2D eigenvalue weighted by Crippen LogP contribution is 2.19. The molecular weight excluding hydrogens is 248 g/mol. The zero-order chi connectivity index (χ0) is 12.8. The minimum atomic E-state index is -0.00724. The second kappa shape index (κ2) is 6.11. The van der Waals surface area contributed by atoms with Gasteiger partial charge in [0, 0.05) is 18.1 Å². The Morgan fingerprint density at radius 2 is 2.33 bits per heavy atom. The van der Waals surface area contributed by atoms with Crippen LogP contribution < -0.4 is 10.6 Å². The fourth-order valence-corrected chi connectivity index (χ4v) is 2.13. The minimum absolute atomic E-state index is 0.00724. The summed E-state index contributed by atoms with van der Waals surface area (Å²) < 4.78 is 0. The van der Waals surface area contributed by atoms with Crippen molar-refractivity contribution in [3.63, 3.8) is 0 Å². The topological polar surface area (TPSA) is 66.9 Å². The summed E-state index contributed by atoms with van der Waals surface area (Å²) in [6, 6.07) is 5.62. The lowest BCUT2D eigenvalue weighted by Gasteiger charge is -2.00. The van der Waals surface area contributed by atoms with E-state index >= 15 is 0 Å². The van der Waals surface area contributed by atoms with Gasteiger partial charge in [-0.05, 0) is 19.1 Å². The summed E-state index contributed by atoms with van der Waals surface area (Å²) in [6.07, 6.45) is 2.03. The molecule has 2 heterocycles. The SMILES string of the molecule is CCNC(=O)Cc1csc(Nc2ccccn2)n1. The molecule has 2 aromatic heterocycles. The van der Waals surface area contributed by atoms with Crippen molar-refractivity contribution in [2.24, 2.45) is 0 Å². The maximum Gasteiger partial charge on any atom is 0.226 e. The van der Waals surface area contributed by atoms with Crippen molar-refractivity contribution in [1.29, 1.82) is 0 Å². The normalized spacial score (nSPS) is 10.1. The van der Waals surface area contributed by atoms with E-state index in [4.69, 9.17) is 0 Å². The molecule has 94 valence electrons. The smallest absolute Gasteiger partial charge is 0.226 e. The third-order valence-corrected chi connectivity index (χ3v) is 2.97. The lowest BCUT2D eigenvalue weighted by atomic mass is 10.3. The first-order valence-electron chi connectivity index (χ1n) is 5.67. The van der Waals surface area contributed by atoms with Crippen molar-refractivity contribution < 1.29 is 4.79 Å². The average Bonchev–Trinajstić information content (AvgIpc) is 2.78. The van der Waals surface area contributed by atoms with Gasteiger partial charge >= 0.3 is 0 Å². The molecule has 1 amide bonds. The summed E-state index contributed by atoms with van der Waals surface area (Å²) in [5, 5.41) is 8.46. The van der Waals surface area contributed by atoms with Gasteiger partial charge in [-0.2, -0.15) is 0 Å². The van der Waals surface area contributed by atoms with E-state index in [1.54, 1.807) is 6.20 Å². The molecule has 0 aliphatic carbocycles. The van der Waals surface area contributed by atoms with Gasteiger partial charge in [-0.25, -0.2) is 9.97 Å². The minimum Gasteiger partial charge on any atom is -0.356 e. The predicted molar refractivity (Wildman–Crippen MR) is 72.0 cm³/mol. The van der Waals surface area contributed by atoms with Crippen LogP contribution in [0.2, 0.25) is 0 Å². The first-order valence-corrected chi connectivity index (χ1v) is 6.55. The van der Waals surface area contributed by atoms with Crippen LogP contribution in [-0.4, -0.2) is 22.4 Å². The summed E-state index contributed by atoms with van der Waals surface area (Å²) in [5.74, 6) is 0.739. The van der Waals surface area contributed by atoms with Gasteiger partial charge in [-0.15, -0.1) is 11.3 Å². The zero-order valence-corrected chi connectivity index (χ0v) is 10.8. The number of aromatic nitrogens is 2. The van der Waals surface area contributed by atoms with E-state index in [1.165, 1.54) is 11.3 Å². The fraction of sp³-hybridized carbons (Fsp3) is 0.250. The first-order chi connectivity index (χ1) is 8.78. The monoisotopic (exact) mass is 262 g/mol. The number of rotatable bonds is 5. The Hall–Kier alpha value is -1.95. The standard InChI is InChI=1S/C12H14N4OS/c1-2-13-11(17)7-9-8-18-12(15-9)16-10-5-3-4-6-14-10/h3-6,8H,2,7H2,1H3,(H,13,17)(H,14,15,16). The number of carbonyl (C=O) groups is 1. The molecule has 0 aromatic carbocycles. The van der Waals surface area contributed by atoms with Crippen LogP contribution in [0, 0.1) is 0 Å². The van der Waals surface area contributed by atoms with Crippen molar-refractivity contribution in [3.8, 4) is 0 Å². The lowest BCUT2D eigenvalue weighted by Crippen LogP contribution is -2.24. The summed E-state index contributed by atoms with van der Waals surface area (Å²) in [4.78, 5) is 19.9. The Kier molecular flexibility index (Phi) is 4.25. The van der Waals surface area contributed by atoms with Crippen molar-refractivity contribution in [3.05, 3.63) is 35.5 Å². The molecule has 18 heavy (non-hydrogen) atoms. The fourth-order valence-electron chi connectivity index (χ4n) is 1.42. The van der Waals surface area contributed by atoms with Crippen LogP contribution in [-0.2, 0) is 11.2 Å². The molecule has 0 bridgehead atoms. The van der Waals surface area contributed by atoms with Crippen LogP contribution in [0.5, 0.6) is 0 Å². The van der Waals surface area contributed by atoms with Gasteiger partial charge in [-0.1, -0.05) is 6.07 Å². The molecule has 0 aliphatic heterocycles. The van der Waals surface area contributed by atoms with E-state index in [0.29, 0.717) is 13.0 Å². The number of likely N-dealkylation sites (N-methyl/N-ethyl adjacent to an activating group) is 1. The summed E-state index contributed by atoms with van der Waals surface area (Å²) >= 11 is 1.46. The molecule has 2 N–H and O–H groups in total. The molecule has 0 aliphatic rings. The molecule has 0 saturated carbocycles. The number of nitrogens with one attached hydrogen (secondary N) is 2. The average molecular weight is 262 g/mol. The second-order valence-corrected chi connectivity index (χ2v) is 4.47. The summed E-state index contributed by atoms with van der Waals surface area (Å²) in [7, 11) is 0. The zero-order valence-electron chi connectivity index (χ0n) is 10.0. The van der Waals surface area contributed by atoms with Crippen LogP contribution in [0.3, 0.4) is 0 Å². The highest BCUT2D eigenvalue weighted by molar-refractivity contribution is 7.13. The molecule has 0 fully saturated rings. The highest BCUT2D eigenvalue weighted by Gasteiger charge is 2.07. The number of anilines is 2. The van der Waals surface area contributed by atoms with Gasteiger partial charge < -0.3 is 10.6 Å². The van der Waals surface area contributed by atoms with Crippen LogP contribution >= 0.6 is 11.3 Å². The summed E-state index contributed by atoms with van der Waals surface area (Å²) in [6.45, 7) is 2.54. The number of hydrogen-bond acceptors (Lipinski definition) is 5. The van der Waals surface area contributed by atoms with Crippen molar-refractivity contribution in [1.82, 2.24) is 15.3 Å². The number of thiazole rings is 1. The van der Waals surface area contributed by atoms with E-state index < -0.39 is 0 Å². The number of carbonyl (C=O) groups excluding carboxylic acids is 1. The van der Waals surface area contributed by atoms with E-state index in [2.05, 4.69) is 20.6 Å². The Labute approximate surface area is 109 Å². The molecule has 2 rings (SSSR count). The molecule has 5 nitrogen and oxygen atoms in total. The van der Waals surface area contributed by atoms with E-state index in [1.807, 2.05) is 30.5 Å². The maximum absolute atomic E-state index is 11.4. The first kappa shape index (κ1) is 12.5. The van der Waals surface area contributed by atoms with Gasteiger partial charge in [0.1, 0.15) is 5.82 Å². The quantitative estimate of drug-likeness (QED) is 0.864.